The summed E-state index contributed by atoms with van der Waals surface area (Å²) in [6.07, 6.45) is 0.894. The molecule has 14 heteroatoms. The second kappa shape index (κ2) is 20.0. The van der Waals surface area contributed by atoms with Crippen molar-refractivity contribution in [3.05, 3.63) is 136 Å². The molecule has 0 radical (unpaired) electrons. The third-order valence-electron chi connectivity index (χ3n) is 8.38. The molecule has 14 nitrogen and oxygen atoms in total. The minimum absolute atomic E-state index is 0.104. The highest BCUT2D eigenvalue weighted by Crippen LogP contribution is 2.28. The molecule has 0 spiro atoms. The zero-order chi connectivity index (χ0) is 39.9. The van der Waals surface area contributed by atoms with E-state index in [2.05, 4.69) is 4.74 Å². The first-order valence-corrected chi connectivity index (χ1v) is 17.1. The summed E-state index contributed by atoms with van der Waals surface area (Å²) in [5, 5.41) is 44.5. The maximum absolute atomic E-state index is 11.4. The molecule has 3 unspecified atom stereocenters. The first kappa shape index (κ1) is 41.1. The molecular formula is C41H40O14. The van der Waals surface area contributed by atoms with Crippen LogP contribution in [-0.4, -0.2) is 74.8 Å². The number of carboxylic acid groups (broad SMARTS) is 3. The SMILES string of the molecule is COC(=O)C1CCc2ccccc2O1.O=C(O)C(O)CCc1ccccc1O.O=C(O)C1CCc2ccccc2O1.O=C(O)c1cc(=O)c2ccccc2o1. The van der Waals surface area contributed by atoms with E-state index in [1.165, 1.54) is 13.2 Å². The summed E-state index contributed by atoms with van der Waals surface area (Å²) in [7, 11) is 1.38. The predicted molar refractivity (Wildman–Crippen MR) is 198 cm³/mol. The van der Waals surface area contributed by atoms with E-state index in [4.69, 9.17) is 34.3 Å². The number of ether oxygens (including phenoxy) is 3. The number of carbonyl (C=O) groups is 4. The third kappa shape index (κ3) is 11.9. The van der Waals surface area contributed by atoms with Crippen LogP contribution in [0.15, 0.2) is 112 Å². The molecule has 7 rings (SSSR count). The van der Waals surface area contributed by atoms with Gasteiger partial charge in [0.25, 0.3) is 0 Å². The number of methoxy groups -OCH3 is 1. The molecule has 0 aliphatic carbocycles. The topological polar surface area (TPSA) is 227 Å². The molecule has 3 heterocycles. The molecule has 5 N–H and O–H groups in total. The highest BCUT2D eigenvalue weighted by molar-refractivity contribution is 5.87. The van der Waals surface area contributed by atoms with E-state index < -0.39 is 36.2 Å². The standard InChI is InChI=1S/C11H12O3.C10H6O4.C10H12O4.C10H10O3/c1-13-11(12)10-7-6-8-4-2-3-5-9(8)14-10;11-7-5-9(10(12)13)14-8-4-2-1-3-6(7)8;11-8-4-2-1-3-7(8)5-6-9(12)10(13)14;11-10(12)9-6-5-7-3-1-2-4-8(7)13-9/h2-5,10H,6-7H2,1H3;1-5H,(H,12,13);1-4,9,11-12H,5-6H2,(H,13,14);1-4,9H,5-6H2,(H,11,12). The summed E-state index contributed by atoms with van der Waals surface area (Å²) >= 11 is 0. The van der Waals surface area contributed by atoms with Crippen molar-refractivity contribution in [3.63, 3.8) is 0 Å². The van der Waals surface area contributed by atoms with Gasteiger partial charge in [-0.15, -0.1) is 0 Å². The van der Waals surface area contributed by atoms with Gasteiger partial charge in [0, 0.05) is 6.07 Å². The minimum atomic E-state index is -1.37. The van der Waals surface area contributed by atoms with Crippen LogP contribution in [0.2, 0.25) is 0 Å². The lowest BCUT2D eigenvalue weighted by molar-refractivity contribution is -0.149. The van der Waals surface area contributed by atoms with Crippen molar-refractivity contribution in [3.8, 4) is 17.2 Å². The van der Waals surface area contributed by atoms with Crippen LogP contribution in [0.25, 0.3) is 11.0 Å². The molecule has 3 atom stereocenters. The molecule has 1 aromatic heterocycles. The number of aromatic carboxylic acids is 1. The molecule has 0 saturated carbocycles. The van der Waals surface area contributed by atoms with E-state index in [1.54, 1.807) is 42.5 Å². The molecule has 0 amide bonds. The number of fused-ring (bicyclic) bond motifs is 3. The number of hydrogen-bond donors (Lipinski definition) is 5. The molecular weight excluding hydrogens is 716 g/mol. The fraction of sp³-hybridized carbons (Fsp3) is 0.244. The number of aliphatic hydroxyl groups excluding tert-OH is 1. The average molecular weight is 757 g/mol. The van der Waals surface area contributed by atoms with Gasteiger partial charge in [0.05, 0.1) is 12.5 Å². The van der Waals surface area contributed by atoms with Crippen LogP contribution in [0.1, 0.15) is 46.5 Å². The molecule has 0 bridgehead atoms. The maximum atomic E-state index is 11.4. The molecule has 5 aromatic rings. The Morgan fingerprint density at radius 1 is 0.764 bits per heavy atom. The number of carboxylic acids is 3. The number of aromatic hydroxyl groups is 1. The molecule has 4 aromatic carbocycles. The highest BCUT2D eigenvalue weighted by atomic mass is 16.6. The zero-order valence-electron chi connectivity index (χ0n) is 29.7. The predicted octanol–water partition coefficient (Wildman–Crippen LogP) is 5.28. The summed E-state index contributed by atoms with van der Waals surface area (Å²) in [6, 6.07) is 29.5. The van der Waals surface area contributed by atoms with Gasteiger partial charge in [0.1, 0.15) is 22.8 Å². The monoisotopic (exact) mass is 756 g/mol. The lowest BCUT2D eigenvalue weighted by Gasteiger charge is -2.23. The van der Waals surface area contributed by atoms with E-state index in [0.29, 0.717) is 36.0 Å². The van der Waals surface area contributed by atoms with Gasteiger partial charge in [0.2, 0.25) is 5.76 Å². The van der Waals surface area contributed by atoms with Crippen LogP contribution in [-0.2, 0) is 38.4 Å². The van der Waals surface area contributed by atoms with Crippen LogP contribution >= 0.6 is 0 Å². The van der Waals surface area contributed by atoms with E-state index >= 15 is 0 Å². The first-order valence-electron chi connectivity index (χ1n) is 17.1. The number of carbonyl (C=O) groups excluding carboxylic acids is 1. The average Bonchev–Trinajstić information content (AvgIpc) is 3.20. The van der Waals surface area contributed by atoms with Gasteiger partial charge in [0.15, 0.2) is 23.7 Å². The number of hydrogen-bond acceptors (Lipinski definition) is 11. The highest BCUT2D eigenvalue weighted by Gasteiger charge is 2.26. The summed E-state index contributed by atoms with van der Waals surface area (Å²) in [5.74, 6) is -2.35. The van der Waals surface area contributed by atoms with Gasteiger partial charge in [-0.1, -0.05) is 66.7 Å². The maximum Gasteiger partial charge on any atom is 0.371 e. The number of benzene rings is 4. The first-order chi connectivity index (χ1) is 26.4. The number of phenols is 1. The summed E-state index contributed by atoms with van der Waals surface area (Å²) in [6.45, 7) is 0. The zero-order valence-corrected chi connectivity index (χ0v) is 29.7. The van der Waals surface area contributed by atoms with Crippen LogP contribution in [0.5, 0.6) is 17.2 Å². The van der Waals surface area contributed by atoms with E-state index in [1.807, 2.05) is 48.5 Å². The van der Waals surface area contributed by atoms with E-state index in [9.17, 15) is 29.1 Å². The smallest absolute Gasteiger partial charge is 0.371 e. The van der Waals surface area contributed by atoms with Crippen molar-refractivity contribution in [1.29, 1.82) is 0 Å². The Kier molecular flexibility index (Phi) is 14.9. The van der Waals surface area contributed by atoms with Gasteiger partial charge < -0.3 is 44.2 Å². The van der Waals surface area contributed by atoms with Crippen molar-refractivity contribution < 1.29 is 63.3 Å². The summed E-state index contributed by atoms with van der Waals surface area (Å²) in [5.41, 5.74) is 2.85. The summed E-state index contributed by atoms with van der Waals surface area (Å²) < 4.78 is 20.4. The molecule has 0 fully saturated rings. The van der Waals surface area contributed by atoms with Crippen molar-refractivity contribution in [1.82, 2.24) is 0 Å². The molecule has 55 heavy (non-hydrogen) atoms. The fourth-order valence-electron chi connectivity index (χ4n) is 5.47. The Morgan fingerprint density at radius 2 is 1.31 bits per heavy atom. The Morgan fingerprint density at radius 3 is 1.89 bits per heavy atom. The fourth-order valence-corrected chi connectivity index (χ4v) is 5.47. The van der Waals surface area contributed by atoms with Gasteiger partial charge in [-0.3, -0.25) is 4.79 Å². The second-order valence-corrected chi connectivity index (χ2v) is 12.2. The second-order valence-electron chi connectivity index (χ2n) is 12.2. The van der Waals surface area contributed by atoms with E-state index in [0.717, 1.165) is 35.8 Å². The number of para-hydroxylation sites is 4. The van der Waals surface area contributed by atoms with Gasteiger partial charge >= 0.3 is 23.9 Å². The van der Waals surface area contributed by atoms with Crippen LogP contribution in [0, 0.1) is 0 Å². The number of rotatable bonds is 7. The number of esters is 1. The van der Waals surface area contributed by atoms with Gasteiger partial charge in [-0.05, 0) is 85.5 Å². The minimum Gasteiger partial charge on any atom is -0.508 e. The Labute approximate surface area is 314 Å². The lowest BCUT2D eigenvalue weighted by atomic mass is 10.0. The molecule has 2 aliphatic rings. The Balaban J connectivity index is 0.000000163. The number of aliphatic hydroxyl groups is 1. The largest absolute Gasteiger partial charge is 0.508 e. The quantitative estimate of drug-likeness (QED) is 0.133. The van der Waals surface area contributed by atoms with Crippen LogP contribution in [0.3, 0.4) is 0 Å². The van der Waals surface area contributed by atoms with Crippen molar-refractivity contribution in [2.24, 2.45) is 0 Å². The number of aryl methyl sites for hydroxylation is 3. The van der Waals surface area contributed by atoms with Gasteiger partial charge in [-0.2, -0.15) is 0 Å². The Hall–Kier alpha value is -6.67. The van der Waals surface area contributed by atoms with Crippen LogP contribution < -0.4 is 14.9 Å². The molecule has 2 aliphatic heterocycles. The third-order valence-corrected chi connectivity index (χ3v) is 8.38. The Bertz CT molecular complexity index is 2160. The molecule has 0 saturated heterocycles. The van der Waals surface area contributed by atoms with Crippen LogP contribution in [0.4, 0.5) is 0 Å². The van der Waals surface area contributed by atoms with Gasteiger partial charge in [-0.25, -0.2) is 19.2 Å². The summed E-state index contributed by atoms with van der Waals surface area (Å²) in [4.78, 5) is 54.1. The number of phenolic OH excluding ortho intramolecular Hbond substituents is 1. The number of aliphatic carboxylic acids is 2. The normalized spacial score (nSPS) is 15.5. The van der Waals surface area contributed by atoms with Crippen molar-refractivity contribution in [2.45, 2.75) is 56.8 Å². The molecule has 288 valence electrons. The van der Waals surface area contributed by atoms with E-state index in [-0.39, 0.29) is 34.9 Å². The van der Waals surface area contributed by atoms with Crippen molar-refractivity contribution in [2.75, 3.05) is 7.11 Å². The van der Waals surface area contributed by atoms with Crippen molar-refractivity contribution >= 4 is 34.8 Å². The lowest BCUT2D eigenvalue weighted by Crippen LogP contribution is -2.32.